The smallest absolute Gasteiger partial charge is 0.327 e. The molecular formula is C26H42O5. The third kappa shape index (κ3) is 3.79. The van der Waals surface area contributed by atoms with Crippen LogP contribution in [-0.2, 0) is 4.79 Å². The molecule has 0 radical (unpaired) electrons. The lowest BCUT2D eigenvalue weighted by Gasteiger charge is -2.63. The third-order valence-corrected chi connectivity index (χ3v) is 10.6. The summed E-state index contributed by atoms with van der Waals surface area (Å²) in [6.07, 6.45) is 10.0. The van der Waals surface area contributed by atoms with E-state index < -0.39 is 5.97 Å². The SMILES string of the molecule is C[C@H](CC/C=C/C(=O)O)[C@H]1CC[C@H]2[C@@H]3[C@H](O)C[C@@H]4C[C@H](O)CC[C@]4(C)[C@H]3C[C@H](O)[C@]12C. The lowest BCUT2D eigenvalue weighted by Crippen LogP contribution is -2.62. The third-order valence-electron chi connectivity index (χ3n) is 10.6. The number of allylic oxidation sites excluding steroid dienone is 1. The van der Waals surface area contributed by atoms with E-state index in [1.54, 1.807) is 6.08 Å². The van der Waals surface area contributed by atoms with Gasteiger partial charge in [-0.05, 0) is 104 Å². The number of fused-ring (bicyclic) bond motifs is 5. The predicted octanol–water partition coefficient (Wildman–Crippen LogP) is 4.00. The number of carboxylic acid groups (broad SMARTS) is 1. The molecule has 4 fully saturated rings. The number of aliphatic hydroxyl groups is 3. The molecule has 4 N–H and O–H groups in total. The van der Waals surface area contributed by atoms with Crippen molar-refractivity contribution in [3.8, 4) is 0 Å². The molecule has 0 unspecified atom stereocenters. The van der Waals surface area contributed by atoms with E-state index in [0.717, 1.165) is 57.8 Å². The number of hydrogen-bond donors (Lipinski definition) is 4. The van der Waals surface area contributed by atoms with E-state index in [1.165, 1.54) is 6.08 Å². The van der Waals surface area contributed by atoms with Crippen molar-refractivity contribution in [2.45, 2.75) is 96.9 Å². The van der Waals surface area contributed by atoms with Gasteiger partial charge < -0.3 is 20.4 Å². The molecule has 5 heteroatoms. The zero-order valence-electron chi connectivity index (χ0n) is 19.4. The van der Waals surface area contributed by atoms with E-state index in [-0.39, 0.29) is 35.1 Å². The van der Waals surface area contributed by atoms with Gasteiger partial charge in [0.05, 0.1) is 18.3 Å². The molecule has 0 aliphatic heterocycles. The second kappa shape index (κ2) is 8.46. The van der Waals surface area contributed by atoms with Crippen LogP contribution >= 0.6 is 0 Å². The van der Waals surface area contributed by atoms with Gasteiger partial charge >= 0.3 is 5.97 Å². The fraction of sp³-hybridized carbons (Fsp3) is 0.885. The van der Waals surface area contributed by atoms with Crippen molar-refractivity contribution in [3.63, 3.8) is 0 Å². The van der Waals surface area contributed by atoms with Gasteiger partial charge in [-0.15, -0.1) is 0 Å². The van der Waals surface area contributed by atoms with E-state index in [9.17, 15) is 20.1 Å². The number of hydrogen-bond acceptors (Lipinski definition) is 4. The summed E-state index contributed by atoms with van der Waals surface area (Å²) >= 11 is 0. The van der Waals surface area contributed by atoms with Crippen LogP contribution in [0.5, 0.6) is 0 Å². The molecule has 4 aliphatic rings. The zero-order valence-corrected chi connectivity index (χ0v) is 19.4. The molecular weight excluding hydrogens is 392 g/mol. The second-order valence-corrected chi connectivity index (χ2v) is 11.8. The van der Waals surface area contributed by atoms with Crippen LogP contribution in [0.25, 0.3) is 0 Å². The molecule has 4 aliphatic carbocycles. The van der Waals surface area contributed by atoms with Gasteiger partial charge in [0.1, 0.15) is 0 Å². The second-order valence-electron chi connectivity index (χ2n) is 11.8. The molecule has 0 aromatic heterocycles. The Bertz CT molecular complexity index is 706. The van der Waals surface area contributed by atoms with Crippen molar-refractivity contribution in [2.24, 2.45) is 46.3 Å². The van der Waals surface area contributed by atoms with E-state index >= 15 is 0 Å². The van der Waals surface area contributed by atoms with Crippen LogP contribution in [0.1, 0.15) is 78.6 Å². The zero-order chi connectivity index (χ0) is 22.6. The number of aliphatic carboxylic acids is 1. The molecule has 4 saturated carbocycles. The first-order chi connectivity index (χ1) is 14.6. The fourth-order valence-corrected chi connectivity index (χ4v) is 8.88. The van der Waals surface area contributed by atoms with Crippen LogP contribution < -0.4 is 0 Å². The first-order valence-electron chi connectivity index (χ1n) is 12.5. The first-order valence-corrected chi connectivity index (χ1v) is 12.5. The predicted molar refractivity (Wildman–Crippen MR) is 119 cm³/mol. The lowest BCUT2D eigenvalue weighted by molar-refractivity contribution is -0.207. The molecule has 0 aromatic rings. The summed E-state index contributed by atoms with van der Waals surface area (Å²) in [5.41, 5.74) is -0.0772. The number of carboxylic acids is 1. The number of rotatable bonds is 5. The average Bonchev–Trinajstić information content (AvgIpc) is 3.06. The molecule has 4 rings (SSSR count). The van der Waals surface area contributed by atoms with Crippen LogP contribution in [0, 0.1) is 46.3 Å². The first kappa shape index (κ1) is 23.3. The van der Waals surface area contributed by atoms with Crippen LogP contribution in [-0.4, -0.2) is 44.7 Å². The maximum atomic E-state index is 11.6. The highest BCUT2D eigenvalue weighted by Crippen LogP contribution is 2.68. The Balaban J connectivity index is 1.54. The minimum Gasteiger partial charge on any atom is -0.478 e. The summed E-state index contributed by atoms with van der Waals surface area (Å²) in [6.45, 7) is 6.89. The van der Waals surface area contributed by atoms with Crippen molar-refractivity contribution >= 4 is 5.97 Å². The summed E-state index contributed by atoms with van der Waals surface area (Å²) in [5, 5.41) is 41.9. The Morgan fingerprint density at radius 2 is 1.81 bits per heavy atom. The van der Waals surface area contributed by atoms with E-state index in [2.05, 4.69) is 20.8 Å². The largest absolute Gasteiger partial charge is 0.478 e. The summed E-state index contributed by atoms with van der Waals surface area (Å²) < 4.78 is 0. The van der Waals surface area contributed by atoms with Crippen molar-refractivity contribution in [3.05, 3.63) is 12.2 Å². The van der Waals surface area contributed by atoms with Crippen molar-refractivity contribution < 1.29 is 25.2 Å². The molecule has 0 heterocycles. The minimum atomic E-state index is -0.900. The summed E-state index contributed by atoms with van der Waals surface area (Å²) in [4.78, 5) is 10.7. The minimum absolute atomic E-state index is 0.108. The normalized spacial score (nSPS) is 50.5. The summed E-state index contributed by atoms with van der Waals surface area (Å²) in [6, 6.07) is 0. The molecule has 5 nitrogen and oxygen atoms in total. The van der Waals surface area contributed by atoms with Gasteiger partial charge in [0.15, 0.2) is 0 Å². The molecule has 0 saturated heterocycles. The Morgan fingerprint density at radius 3 is 2.52 bits per heavy atom. The average molecular weight is 435 g/mol. The van der Waals surface area contributed by atoms with Gasteiger partial charge in [-0.1, -0.05) is 26.8 Å². The van der Waals surface area contributed by atoms with Crippen LogP contribution in [0.3, 0.4) is 0 Å². The highest BCUT2D eigenvalue weighted by atomic mass is 16.4. The van der Waals surface area contributed by atoms with Crippen molar-refractivity contribution in [2.75, 3.05) is 0 Å². The molecule has 0 bridgehead atoms. The van der Waals surface area contributed by atoms with Gasteiger partial charge in [-0.25, -0.2) is 4.79 Å². The Kier molecular flexibility index (Phi) is 6.35. The van der Waals surface area contributed by atoms with E-state index in [1.807, 2.05) is 0 Å². The maximum absolute atomic E-state index is 11.6. The van der Waals surface area contributed by atoms with Gasteiger partial charge in [-0.3, -0.25) is 0 Å². The van der Waals surface area contributed by atoms with E-state index in [4.69, 9.17) is 5.11 Å². The molecule has 0 aromatic carbocycles. The fourth-order valence-electron chi connectivity index (χ4n) is 8.88. The van der Waals surface area contributed by atoms with Gasteiger partial charge in [-0.2, -0.15) is 0 Å². The molecule has 31 heavy (non-hydrogen) atoms. The highest BCUT2D eigenvalue weighted by molar-refractivity contribution is 5.79. The molecule has 0 amide bonds. The van der Waals surface area contributed by atoms with Crippen molar-refractivity contribution in [1.82, 2.24) is 0 Å². The Labute approximate surface area is 186 Å². The highest BCUT2D eigenvalue weighted by Gasteiger charge is 2.65. The molecule has 176 valence electrons. The summed E-state index contributed by atoms with van der Waals surface area (Å²) in [5.74, 6) is 1.17. The topological polar surface area (TPSA) is 98.0 Å². The quantitative estimate of drug-likeness (QED) is 0.490. The molecule has 11 atom stereocenters. The van der Waals surface area contributed by atoms with Gasteiger partial charge in [0, 0.05) is 6.08 Å². The maximum Gasteiger partial charge on any atom is 0.327 e. The lowest BCUT2D eigenvalue weighted by atomic mass is 9.43. The van der Waals surface area contributed by atoms with Crippen molar-refractivity contribution in [1.29, 1.82) is 0 Å². The van der Waals surface area contributed by atoms with E-state index in [0.29, 0.717) is 29.6 Å². The molecule has 0 spiro atoms. The number of carbonyl (C=O) groups is 1. The van der Waals surface area contributed by atoms with Crippen LogP contribution in [0.4, 0.5) is 0 Å². The Hall–Kier alpha value is -0.910. The van der Waals surface area contributed by atoms with Crippen LogP contribution in [0.15, 0.2) is 12.2 Å². The Morgan fingerprint density at radius 1 is 1.06 bits per heavy atom. The number of aliphatic hydroxyl groups excluding tert-OH is 3. The monoisotopic (exact) mass is 434 g/mol. The van der Waals surface area contributed by atoms with Gasteiger partial charge in [0.25, 0.3) is 0 Å². The van der Waals surface area contributed by atoms with Crippen LogP contribution in [0.2, 0.25) is 0 Å². The van der Waals surface area contributed by atoms with Gasteiger partial charge in [0.2, 0.25) is 0 Å². The standard InChI is InChI=1S/C26H42O5/c1-15(6-4-5-7-23(30)31)18-8-9-19-24-20(14-22(29)26(18,19)3)25(2)11-10-17(27)12-16(25)13-21(24)28/h5,7,15-22,24,27-29H,4,6,8-14H2,1-3H3,(H,30,31)/b7-5+/t15-,16+,17-,18-,19+,20+,21-,22+,24+,25+,26-/m1/s1. The summed E-state index contributed by atoms with van der Waals surface area (Å²) in [7, 11) is 0.